The Labute approximate surface area is 148 Å². The fraction of sp³-hybridized carbons (Fsp3) is 0.611. The van der Waals surface area contributed by atoms with E-state index in [1.54, 1.807) is 19.9 Å². The topological polar surface area (TPSA) is 68.3 Å². The maximum absolute atomic E-state index is 12.2. The smallest absolute Gasteiger partial charge is 0.342 e. The van der Waals surface area contributed by atoms with Gasteiger partial charge in [-0.3, -0.25) is 4.79 Å². The van der Waals surface area contributed by atoms with Gasteiger partial charge in [-0.15, -0.1) is 0 Å². The Morgan fingerprint density at radius 2 is 2.04 bits per heavy atom. The number of aryl methyl sites for hydroxylation is 2. The van der Waals surface area contributed by atoms with Gasteiger partial charge < -0.3 is 10.1 Å². The summed E-state index contributed by atoms with van der Waals surface area (Å²) in [7, 11) is 0. The molecule has 2 rings (SSSR count). The number of nitrogens with one attached hydrogen (secondary N) is 1. The first-order chi connectivity index (χ1) is 11.3. The lowest BCUT2D eigenvalue weighted by molar-refractivity contribution is -0.125. The number of halogens is 1. The van der Waals surface area contributed by atoms with Crippen LogP contribution in [-0.4, -0.2) is 29.5 Å². The van der Waals surface area contributed by atoms with Gasteiger partial charge in [-0.25, -0.2) is 9.78 Å². The molecule has 24 heavy (non-hydrogen) atoms. The molecule has 0 saturated heterocycles. The first kappa shape index (κ1) is 18.7. The van der Waals surface area contributed by atoms with Crippen LogP contribution in [-0.2, 0) is 9.53 Å². The molecule has 1 amide bonds. The van der Waals surface area contributed by atoms with Crippen molar-refractivity contribution in [1.82, 2.24) is 10.3 Å². The number of rotatable bonds is 4. The van der Waals surface area contributed by atoms with Gasteiger partial charge in [-0.1, -0.05) is 38.3 Å². The molecule has 3 atom stereocenters. The zero-order valence-electron chi connectivity index (χ0n) is 14.7. The summed E-state index contributed by atoms with van der Waals surface area (Å²) < 4.78 is 5.12. The molecule has 1 heterocycles. The lowest BCUT2D eigenvalue weighted by atomic mass is 9.78. The van der Waals surface area contributed by atoms with Crippen LogP contribution in [0.2, 0.25) is 5.15 Å². The van der Waals surface area contributed by atoms with Crippen molar-refractivity contribution in [2.45, 2.75) is 53.0 Å². The average molecular weight is 353 g/mol. The van der Waals surface area contributed by atoms with Crippen LogP contribution < -0.4 is 5.32 Å². The fourth-order valence-electron chi connectivity index (χ4n) is 3.27. The standard InChI is InChI=1S/C18H25ClN2O3/c1-10-6-5-7-14(13(10)4)21-15(22)9-24-18(23)16-11(2)8-12(3)20-17(16)19/h8,10,13-14H,5-7,9H2,1-4H3,(H,21,22)/t10-,13+,14-/m0/s1. The van der Waals surface area contributed by atoms with Crippen molar-refractivity contribution < 1.29 is 14.3 Å². The number of ether oxygens (including phenoxy) is 1. The first-order valence-electron chi connectivity index (χ1n) is 8.39. The van der Waals surface area contributed by atoms with Gasteiger partial charge >= 0.3 is 5.97 Å². The van der Waals surface area contributed by atoms with Crippen LogP contribution in [0.5, 0.6) is 0 Å². The molecule has 1 N–H and O–H groups in total. The maximum atomic E-state index is 12.2. The summed E-state index contributed by atoms with van der Waals surface area (Å²) in [6.07, 6.45) is 3.28. The zero-order chi connectivity index (χ0) is 17.9. The maximum Gasteiger partial charge on any atom is 0.342 e. The van der Waals surface area contributed by atoms with Crippen LogP contribution in [0.15, 0.2) is 6.07 Å². The van der Waals surface area contributed by atoms with E-state index < -0.39 is 5.97 Å². The van der Waals surface area contributed by atoms with E-state index >= 15 is 0 Å². The first-order valence-corrected chi connectivity index (χ1v) is 8.77. The summed E-state index contributed by atoms with van der Waals surface area (Å²) in [5, 5.41) is 3.08. The number of carbonyl (C=O) groups excluding carboxylic acids is 2. The summed E-state index contributed by atoms with van der Waals surface area (Å²) in [5.74, 6) is 0.122. The Morgan fingerprint density at radius 3 is 2.71 bits per heavy atom. The SMILES string of the molecule is Cc1cc(C)c(C(=O)OCC(=O)N[C@H]2CCC[C@H](C)[C@H]2C)c(Cl)n1. The van der Waals surface area contributed by atoms with Crippen LogP contribution in [0.1, 0.15) is 54.7 Å². The lowest BCUT2D eigenvalue weighted by Crippen LogP contribution is -2.45. The van der Waals surface area contributed by atoms with Crippen molar-refractivity contribution in [1.29, 1.82) is 0 Å². The molecule has 1 aliphatic rings. The largest absolute Gasteiger partial charge is 0.452 e. The fourth-order valence-corrected chi connectivity index (χ4v) is 3.63. The minimum atomic E-state index is -0.620. The number of aromatic nitrogens is 1. The molecule has 0 bridgehead atoms. The molecule has 1 fully saturated rings. The van der Waals surface area contributed by atoms with Gasteiger partial charge in [0, 0.05) is 11.7 Å². The van der Waals surface area contributed by atoms with E-state index in [0.717, 1.165) is 18.5 Å². The summed E-state index contributed by atoms with van der Waals surface area (Å²) in [6, 6.07) is 1.90. The van der Waals surface area contributed by atoms with E-state index in [1.165, 1.54) is 6.42 Å². The summed E-state index contributed by atoms with van der Waals surface area (Å²) in [4.78, 5) is 28.3. The van der Waals surface area contributed by atoms with Gasteiger partial charge in [0.25, 0.3) is 5.91 Å². The molecule has 6 heteroatoms. The minimum Gasteiger partial charge on any atom is -0.452 e. The highest BCUT2D eigenvalue weighted by Gasteiger charge is 2.28. The second kappa shape index (κ2) is 7.97. The summed E-state index contributed by atoms with van der Waals surface area (Å²) >= 11 is 6.02. The highest BCUT2D eigenvalue weighted by Crippen LogP contribution is 2.29. The Balaban J connectivity index is 1.91. The number of hydrogen-bond acceptors (Lipinski definition) is 4. The molecule has 132 valence electrons. The molecule has 1 aromatic heterocycles. The molecule has 5 nitrogen and oxygen atoms in total. The third kappa shape index (κ3) is 4.47. The number of hydrogen-bond donors (Lipinski definition) is 1. The Bertz CT molecular complexity index is 610. The monoisotopic (exact) mass is 352 g/mol. The van der Waals surface area contributed by atoms with E-state index in [2.05, 4.69) is 24.1 Å². The highest BCUT2D eigenvalue weighted by atomic mass is 35.5. The van der Waals surface area contributed by atoms with Gasteiger partial charge in [-0.2, -0.15) is 0 Å². The van der Waals surface area contributed by atoms with Crippen LogP contribution in [0.3, 0.4) is 0 Å². The van der Waals surface area contributed by atoms with Gasteiger partial charge in [0.05, 0.1) is 5.56 Å². The van der Waals surface area contributed by atoms with Crippen molar-refractivity contribution >= 4 is 23.5 Å². The second-order valence-electron chi connectivity index (χ2n) is 6.76. The lowest BCUT2D eigenvalue weighted by Gasteiger charge is -2.34. The van der Waals surface area contributed by atoms with Gasteiger partial charge in [0.2, 0.25) is 0 Å². The third-order valence-corrected chi connectivity index (χ3v) is 5.17. The van der Waals surface area contributed by atoms with E-state index in [9.17, 15) is 9.59 Å². The number of esters is 1. The molecule has 0 aromatic carbocycles. The Kier molecular flexibility index (Phi) is 6.21. The van der Waals surface area contributed by atoms with Crippen LogP contribution in [0, 0.1) is 25.7 Å². The van der Waals surface area contributed by atoms with Gasteiger partial charge in [0.15, 0.2) is 6.61 Å². The molecular weight excluding hydrogens is 328 g/mol. The third-order valence-electron chi connectivity index (χ3n) is 4.89. The quantitative estimate of drug-likeness (QED) is 0.665. The molecule has 1 saturated carbocycles. The van der Waals surface area contributed by atoms with Crippen molar-refractivity contribution in [3.05, 3.63) is 28.0 Å². The molecule has 0 aliphatic heterocycles. The highest BCUT2D eigenvalue weighted by molar-refractivity contribution is 6.32. The van der Waals surface area contributed by atoms with Crippen molar-refractivity contribution in [3.8, 4) is 0 Å². The summed E-state index contributed by atoms with van der Waals surface area (Å²) in [6.45, 7) is 7.62. The van der Waals surface area contributed by atoms with Crippen LogP contribution in [0.25, 0.3) is 0 Å². The molecular formula is C18H25ClN2O3. The van der Waals surface area contributed by atoms with E-state index in [4.69, 9.17) is 16.3 Å². The van der Waals surface area contributed by atoms with E-state index in [0.29, 0.717) is 17.4 Å². The van der Waals surface area contributed by atoms with Crippen molar-refractivity contribution in [2.24, 2.45) is 11.8 Å². The number of nitrogens with zero attached hydrogens (tertiary/aromatic N) is 1. The zero-order valence-corrected chi connectivity index (χ0v) is 15.4. The predicted molar refractivity (Wildman–Crippen MR) is 93.1 cm³/mol. The van der Waals surface area contributed by atoms with Crippen LogP contribution in [0.4, 0.5) is 0 Å². The van der Waals surface area contributed by atoms with Gasteiger partial charge in [0.1, 0.15) is 5.15 Å². The molecule has 0 radical (unpaired) electrons. The number of amides is 1. The minimum absolute atomic E-state index is 0.104. The number of carbonyl (C=O) groups is 2. The number of pyridine rings is 1. The normalized spacial score (nSPS) is 23.6. The molecule has 0 spiro atoms. The average Bonchev–Trinajstić information content (AvgIpc) is 2.49. The van der Waals surface area contributed by atoms with Gasteiger partial charge in [-0.05, 0) is 43.7 Å². The predicted octanol–water partition coefficient (Wildman–Crippen LogP) is 3.45. The van der Waals surface area contributed by atoms with E-state index in [1.807, 2.05) is 0 Å². The van der Waals surface area contributed by atoms with Crippen molar-refractivity contribution in [3.63, 3.8) is 0 Å². The molecule has 1 aliphatic carbocycles. The molecule has 0 unspecified atom stereocenters. The molecule has 1 aromatic rings. The van der Waals surface area contributed by atoms with E-state index in [-0.39, 0.29) is 29.3 Å². The van der Waals surface area contributed by atoms with Crippen LogP contribution >= 0.6 is 11.6 Å². The second-order valence-corrected chi connectivity index (χ2v) is 7.12. The van der Waals surface area contributed by atoms with Crippen molar-refractivity contribution in [2.75, 3.05) is 6.61 Å². The Hall–Kier alpha value is -1.62. The Morgan fingerprint density at radius 1 is 1.33 bits per heavy atom. The summed E-state index contributed by atoms with van der Waals surface area (Å²) in [5.41, 5.74) is 1.63.